The molecular weight excluding hydrogens is 306 g/mol. The summed E-state index contributed by atoms with van der Waals surface area (Å²) in [6.45, 7) is 0. The molecule has 0 bridgehead atoms. The van der Waals surface area contributed by atoms with Crippen molar-refractivity contribution >= 4 is 23.4 Å². The molecule has 2 aromatic rings. The van der Waals surface area contributed by atoms with Crippen molar-refractivity contribution in [2.75, 3.05) is 11.1 Å². The Hall–Kier alpha value is -2.49. The SMILES string of the molecule is O=C(CSc1n[nH]c(=O)[nH]c1=O)Nc1cc(F)ccc1F. The molecule has 0 spiro atoms. The first-order valence-corrected chi connectivity index (χ1v) is 6.51. The normalized spacial score (nSPS) is 10.4. The molecule has 0 aliphatic rings. The van der Waals surface area contributed by atoms with Crippen LogP contribution >= 0.6 is 11.8 Å². The van der Waals surface area contributed by atoms with Crippen LogP contribution in [0.15, 0.2) is 32.8 Å². The molecular formula is C11H8F2N4O3S. The molecule has 0 atom stereocenters. The van der Waals surface area contributed by atoms with Gasteiger partial charge in [-0.3, -0.25) is 14.6 Å². The third-order valence-corrected chi connectivity index (χ3v) is 3.18. The van der Waals surface area contributed by atoms with Crippen LogP contribution in [0.25, 0.3) is 0 Å². The summed E-state index contributed by atoms with van der Waals surface area (Å²) in [7, 11) is 0. The summed E-state index contributed by atoms with van der Waals surface area (Å²) in [5.74, 6) is -2.40. The van der Waals surface area contributed by atoms with Crippen LogP contribution in [0.2, 0.25) is 0 Å². The largest absolute Gasteiger partial charge is 0.342 e. The van der Waals surface area contributed by atoms with Crippen molar-refractivity contribution in [3.63, 3.8) is 0 Å². The predicted octanol–water partition coefficient (Wildman–Crippen LogP) is 0.467. The van der Waals surface area contributed by atoms with E-state index in [4.69, 9.17) is 0 Å². The smallest absolute Gasteiger partial charge is 0.323 e. The van der Waals surface area contributed by atoms with Gasteiger partial charge < -0.3 is 5.32 Å². The molecule has 0 saturated heterocycles. The van der Waals surface area contributed by atoms with E-state index >= 15 is 0 Å². The second kappa shape index (κ2) is 6.31. The fourth-order valence-corrected chi connectivity index (χ4v) is 1.98. The lowest BCUT2D eigenvalue weighted by Gasteiger charge is -2.05. The summed E-state index contributed by atoms with van der Waals surface area (Å²) in [5, 5.41) is 7.51. The van der Waals surface area contributed by atoms with E-state index in [0.29, 0.717) is 0 Å². The van der Waals surface area contributed by atoms with Gasteiger partial charge in [0.25, 0.3) is 5.56 Å². The topological polar surface area (TPSA) is 108 Å². The number of halogens is 2. The maximum atomic E-state index is 13.3. The Labute approximate surface area is 119 Å². The van der Waals surface area contributed by atoms with Gasteiger partial charge in [-0.05, 0) is 12.1 Å². The van der Waals surface area contributed by atoms with Crippen LogP contribution in [0.4, 0.5) is 14.5 Å². The lowest BCUT2D eigenvalue weighted by Crippen LogP contribution is -2.25. The Morgan fingerprint density at radius 3 is 2.81 bits per heavy atom. The van der Waals surface area contributed by atoms with Gasteiger partial charge in [-0.1, -0.05) is 11.8 Å². The zero-order valence-electron chi connectivity index (χ0n) is 10.3. The molecule has 10 heteroatoms. The molecule has 0 unspecified atom stereocenters. The molecule has 0 radical (unpaired) electrons. The summed E-state index contributed by atoms with van der Waals surface area (Å²) >= 11 is 0.740. The highest BCUT2D eigenvalue weighted by Gasteiger charge is 2.11. The number of thioether (sulfide) groups is 1. The number of nitrogens with one attached hydrogen (secondary N) is 3. The zero-order chi connectivity index (χ0) is 15.4. The van der Waals surface area contributed by atoms with Gasteiger partial charge in [0.05, 0.1) is 11.4 Å². The molecule has 1 aromatic heterocycles. The molecule has 1 amide bonds. The molecule has 1 heterocycles. The Morgan fingerprint density at radius 2 is 2.10 bits per heavy atom. The van der Waals surface area contributed by atoms with Crippen LogP contribution in [0.3, 0.4) is 0 Å². The van der Waals surface area contributed by atoms with Gasteiger partial charge in [0.15, 0.2) is 5.03 Å². The van der Waals surface area contributed by atoms with Crippen LogP contribution in [0.1, 0.15) is 0 Å². The Bertz CT molecular complexity index is 790. The zero-order valence-corrected chi connectivity index (χ0v) is 11.1. The van der Waals surface area contributed by atoms with Crippen molar-refractivity contribution in [3.8, 4) is 0 Å². The van der Waals surface area contributed by atoms with Gasteiger partial charge in [0.2, 0.25) is 5.91 Å². The predicted molar refractivity (Wildman–Crippen MR) is 71.2 cm³/mol. The summed E-state index contributed by atoms with van der Waals surface area (Å²) in [6, 6.07) is 2.64. The van der Waals surface area contributed by atoms with Crippen LogP contribution in [-0.4, -0.2) is 26.8 Å². The van der Waals surface area contributed by atoms with Crippen molar-refractivity contribution in [1.29, 1.82) is 0 Å². The monoisotopic (exact) mass is 314 g/mol. The number of anilines is 1. The first kappa shape index (κ1) is 14.9. The third-order valence-electron chi connectivity index (χ3n) is 2.22. The molecule has 2 rings (SSSR count). The van der Waals surface area contributed by atoms with Crippen molar-refractivity contribution in [3.05, 3.63) is 50.7 Å². The number of aromatic amines is 2. The van der Waals surface area contributed by atoms with E-state index in [1.54, 1.807) is 0 Å². The average Bonchev–Trinajstić information content (AvgIpc) is 2.42. The molecule has 7 nitrogen and oxygen atoms in total. The number of hydrogen-bond acceptors (Lipinski definition) is 5. The molecule has 0 saturated carbocycles. The average molecular weight is 314 g/mol. The van der Waals surface area contributed by atoms with Crippen LogP contribution in [0.5, 0.6) is 0 Å². The van der Waals surface area contributed by atoms with Crippen LogP contribution < -0.4 is 16.6 Å². The highest BCUT2D eigenvalue weighted by atomic mass is 32.2. The van der Waals surface area contributed by atoms with E-state index in [-0.39, 0.29) is 16.5 Å². The maximum absolute atomic E-state index is 13.3. The summed E-state index contributed by atoms with van der Waals surface area (Å²) in [6.07, 6.45) is 0. The Kier molecular flexibility index (Phi) is 4.48. The molecule has 110 valence electrons. The lowest BCUT2D eigenvalue weighted by molar-refractivity contribution is -0.113. The third kappa shape index (κ3) is 3.99. The minimum absolute atomic E-state index is 0.121. The fourth-order valence-electron chi connectivity index (χ4n) is 1.35. The number of rotatable bonds is 4. The molecule has 3 N–H and O–H groups in total. The molecule has 0 fully saturated rings. The van der Waals surface area contributed by atoms with Gasteiger partial charge in [-0.25, -0.2) is 18.7 Å². The molecule has 0 aliphatic heterocycles. The fraction of sp³-hybridized carbons (Fsp3) is 0.0909. The molecule has 21 heavy (non-hydrogen) atoms. The second-order valence-electron chi connectivity index (χ2n) is 3.77. The highest BCUT2D eigenvalue weighted by molar-refractivity contribution is 7.99. The Balaban J connectivity index is 2.00. The second-order valence-corrected chi connectivity index (χ2v) is 4.74. The summed E-state index contributed by atoms with van der Waals surface area (Å²) in [5.41, 5.74) is -1.81. The summed E-state index contributed by atoms with van der Waals surface area (Å²) < 4.78 is 26.2. The van der Waals surface area contributed by atoms with E-state index in [1.807, 2.05) is 10.1 Å². The van der Waals surface area contributed by atoms with E-state index in [2.05, 4.69) is 10.4 Å². The van der Waals surface area contributed by atoms with E-state index < -0.39 is 28.8 Å². The van der Waals surface area contributed by atoms with Gasteiger partial charge in [0, 0.05) is 6.07 Å². The molecule has 0 aliphatic carbocycles. The van der Waals surface area contributed by atoms with Crippen molar-refractivity contribution < 1.29 is 13.6 Å². The lowest BCUT2D eigenvalue weighted by atomic mass is 10.3. The van der Waals surface area contributed by atoms with Crippen LogP contribution in [0, 0.1) is 11.6 Å². The van der Waals surface area contributed by atoms with Gasteiger partial charge in [-0.15, -0.1) is 0 Å². The number of aromatic nitrogens is 3. The van der Waals surface area contributed by atoms with Crippen LogP contribution in [-0.2, 0) is 4.79 Å². The van der Waals surface area contributed by atoms with Gasteiger partial charge in [0.1, 0.15) is 11.6 Å². The number of hydrogen-bond donors (Lipinski definition) is 3. The van der Waals surface area contributed by atoms with E-state index in [9.17, 15) is 23.2 Å². The molecule has 1 aromatic carbocycles. The quantitative estimate of drug-likeness (QED) is 0.711. The first-order valence-electron chi connectivity index (χ1n) is 5.52. The highest BCUT2D eigenvalue weighted by Crippen LogP contribution is 2.16. The van der Waals surface area contributed by atoms with Crippen molar-refractivity contribution in [2.45, 2.75) is 5.03 Å². The van der Waals surface area contributed by atoms with Crippen molar-refractivity contribution in [2.24, 2.45) is 0 Å². The number of nitrogens with zero attached hydrogens (tertiary/aromatic N) is 1. The minimum atomic E-state index is -0.783. The maximum Gasteiger partial charge on any atom is 0.342 e. The minimum Gasteiger partial charge on any atom is -0.323 e. The number of amides is 1. The van der Waals surface area contributed by atoms with Gasteiger partial charge >= 0.3 is 5.69 Å². The van der Waals surface area contributed by atoms with Crippen molar-refractivity contribution in [1.82, 2.24) is 15.2 Å². The number of benzene rings is 1. The number of carbonyl (C=O) groups is 1. The van der Waals surface area contributed by atoms with Gasteiger partial charge in [-0.2, -0.15) is 5.10 Å². The van der Waals surface area contributed by atoms with E-state index in [1.165, 1.54) is 0 Å². The number of H-pyrrole nitrogens is 2. The number of carbonyl (C=O) groups excluding carboxylic acids is 1. The Morgan fingerprint density at radius 1 is 1.33 bits per heavy atom. The van der Waals surface area contributed by atoms with E-state index in [0.717, 1.165) is 30.0 Å². The summed E-state index contributed by atoms with van der Waals surface area (Å²) in [4.78, 5) is 35.6. The standard InChI is InChI=1S/C11H8F2N4O3S/c12-5-1-2-6(13)7(3-5)14-8(18)4-21-10-9(19)15-11(20)17-16-10/h1-3H,4H2,(H,14,18)(H2,15,17,19,20). The first-order chi connectivity index (χ1) is 9.95.